The molecule has 0 aliphatic carbocycles. The minimum absolute atomic E-state index is 0.0976. The summed E-state index contributed by atoms with van der Waals surface area (Å²) in [5.74, 6) is -0.976. The van der Waals surface area contributed by atoms with Gasteiger partial charge < -0.3 is 14.6 Å². The van der Waals surface area contributed by atoms with Crippen molar-refractivity contribution in [3.63, 3.8) is 0 Å². The number of hydrogen-bond acceptors (Lipinski definition) is 6. The Morgan fingerprint density at radius 2 is 2.29 bits per heavy atom. The molecule has 1 aliphatic heterocycles. The van der Waals surface area contributed by atoms with Crippen LogP contribution in [0.2, 0.25) is 0 Å². The summed E-state index contributed by atoms with van der Waals surface area (Å²) in [5.41, 5.74) is -0.190. The lowest BCUT2D eigenvalue weighted by Crippen LogP contribution is -2.29. The van der Waals surface area contributed by atoms with Gasteiger partial charge in [0.05, 0.1) is 18.6 Å². The maximum atomic E-state index is 12.2. The van der Waals surface area contributed by atoms with Gasteiger partial charge >= 0.3 is 5.97 Å². The van der Waals surface area contributed by atoms with E-state index in [1.807, 2.05) is 0 Å². The van der Waals surface area contributed by atoms with Gasteiger partial charge in [0, 0.05) is 13.2 Å². The molecule has 1 unspecified atom stereocenters. The minimum atomic E-state index is -3.75. The molecule has 8 heteroatoms. The number of esters is 1. The van der Waals surface area contributed by atoms with Crippen LogP contribution in [0.25, 0.3) is 0 Å². The van der Waals surface area contributed by atoms with Crippen LogP contribution in [-0.4, -0.2) is 46.4 Å². The first-order valence-corrected chi connectivity index (χ1v) is 7.91. The highest BCUT2D eigenvalue weighted by Crippen LogP contribution is 2.22. The number of carbonyl (C=O) groups is 1. The number of aromatic hydroxyl groups is 1. The van der Waals surface area contributed by atoms with Crippen molar-refractivity contribution in [3.05, 3.63) is 23.8 Å². The van der Waals surface area contributed by atoms with Crippen molar-refractivity contribution in [2.24, 2.45) is 5.92 Å². The highest BCUT2D eigenvalue weighted by Gasteiger charge is 2.22. The van der Waals surface area contributed by atoms with Crippen LogP contribution >= 0.6 is 0 Å². The zero-order chi connectivity index (χ0) is 15.5. The molecule has 2 rings (SSSR count). The number of ether oxygens (including phenoxy) is 2. The Labute approximate surface area is 122 Å². The van der Waals surface area contributed by atoms with Gasteiger partial charge in [0.1, 0.15) is 11.3 Å². The van der Waals surface area contributed by atoms with E-state index in [0.29, 0.717) is 13.2 Å². The Balaban J connectivity index is 2.17. The Hall–Kier alpha value is -1.64. The molecule has 0 radical (unpaired) electrons. The SMILES string of the molecule is COC(=O)c1cc(S(=O)(=O)NCC2CCOC2)ccc1O. The Kier molecular flexibility index (Phi) is 4.81. The zero-order valence-corrected chi connectivity index (χ0v) is 12.4. The molecule has 1 fully saturated rings. The van der Waals surface area contributed by atoms with E-state index >= 15 is 0 Å². The predicted octanol–water partition coefficient (Wildman–Crippen LogP) is 0.494. The first kappa shape index (κ1) is 15.7. The van der Waals surface area contributed by atoms with E-state index in [4.69, 9.17) is 4.74 Å². The predicted molar refractivity (Wildman–Crippen MR) is 73.6 cm³/mol. The second-order valence-electron chi connectivity index (χ2n) is 4.75. The topological polar surface area (TPSA) is 102 Å². The molecule has 7 nitrogen and oxygen atoms in total. The van der Waals surface area contributed by atoms with Gasteiger partial charge in [0.2, 0.25) is 10.0 Å². The standard InChI is InChI=1S/C13H17NO6S/c1-19-13(16)11-6-10(2-3-12(11)15)21(17,18)14-7-9-4-5-20-8-9/h2-3,6,9,14-15H,4-5,7-8H2,1H3. The molecule has 0 amide bonds. The molecule has 116 valence electrons. The smallest absolute Gasteiger partial charge is 0.341 e. The average molecular weight is 315 g/mol. The van der Waals surface area contributed by atoms with Crippen molar-refractivity contribution in [3.8, 4) is 5.75 Å². The van der Waals surface area contributed by atoms with Gasteiger partial charge in [-0.3, -0.25) is 0 Å². The first-order chi connectivity index (χ1) is 9.94. The number of hydrogen-bond donors (Lipinski definition) is 2. The fourth-order valence-electron chi connectivity index (χ4n) is 2.01. The third kappa shape index (κ3) is 3.72. The molecule has 0 bridgehead atoms. The maximum Gasteiger partial charge on any atom is 0.341 e. The fourth-order valence-corrected chi connectivity index (χ4v) is 3.15. The van der Waals surface area contributed by atoms with Crippen LogP contribution in [0.4, 0.5) is 0 Å². The van der Waals surface area contributed by atoms with Crippen LogP contribution in [0.5, 0.6) is 5.75 Å². The number of carbonyl (C=O) groups excluding carboxylic acids is 1. The van der Waals surface area contributed by atoms with Gasteiger partial charge in [-0.15, -0.1) is 0 Å². The van der Waals surface area contributed by atoms with Gasteiger partial charge in [0.25, 0.3) is 0 Å². The average Bonchev–Trinajstić information content (AvgIpc) is 2.98. The van der Waals surface area contributed by atoms with E-state index in [9.17, 15) is 18.3 Å². The molecule has 0 saturated carbocycles. The number of methoxy groups -OCH3 is 1. The van der Waals surface area contributed by atoms with E-state index in [0.717, 1.165) is 25.7 Å². The van der Waals surface area contributed by atoms with Crippen molar-refractivity contribution in [2.75, 3.05) is 26.9 Å². The molecule has 1 aromatic carbocycles. The van der Waals surface area contributed by atoms with Crippen LogP contribution in [0.1, 0.15) is 16.8 Å². The normalized spacial score (nSPS) is 18.6. The molecular formula is C13H17NO6S. The van der Waals surface area contributed by atoms with Crippen LogP contribution in [0.15, 0.2) is 23.1 Å². The van der Waals surface area contributed by atoms with Gasteiger partial charge in [-0.2, -0.15) is 0 Å². The van der Waals surface area contributed by atoms with Crippen molar-refractivity contribution < 1.29 is 27.8 Å². The van der Waals surface area contributed by atoms with E-state index in [1.165, 1.54) is 6.07 Å². The summed E-state index contributed by atoms with van der Waals surface area (Å²) in [5, 5.41) is 9.57. The third-order valence-corrected chi connectivity index (χ3v) is 4.69. The summed E-state index contributed by atoms with van der Waals surface area (Å²) in [7, 11) is -2.60. The molecule has 1 aromatic rings. The summed E-state index contributed by atoms with van der Waals surface area (Å²) in [6.07, 6.45) is 0.811. The summed E-state index contributed by atoms with van der Waals surface area (Å²) >= 11 is 0. The van der Waals surface area contributed by atoms with E-state index < -0.39 is 16.0 Å². The quantitative estimate of drug-likeness (QED) is 0.767. The number of phenolic OH excluding ortho intramolecular Hbond substituents is 1. The van der Waals surface area contributed by atoms with Gasteiger partial charge in [-0.1, -0.05) is 0 Å². The van der Waals surface area contributed by atoms with E-state index in [1.54, 1.807) is 0 Å². The summed E-state index contributed by atoms with van der Waals surface area (Å²) in [6.45, 7) is 1.44. The van der Waals surface area contributed by atoms with E-state index in [2.05, 4.69) is 9.46 Å². The summed E-state index contributed by atoms with van der Waals surface area (Å²) < 4.78 is 36.5. The number of nitrogens with one attached hydrogen (secondary N) is 1. The van der Waals surface area contributed by atoms with Crippen molar-refractivity contribution >= 4 is 16.0 Å². The first-order valence-electron chi connectivity index (χ1n) is 6.43. The molecule has 1 atom stereocenters. The molecule has 2 N–H and O–H groups in total. The highest BCUT2D eigenvalue weighted by atomic mass is 32.2. The number of rotatable bonds is 5. The largest absolute Gasteiger partial charge is 0.507 e. The molecule has 21 heavy (non-hydrogen) atoms. The lowest BCUT2D eigenvalue weighted by atomic mass is 10.1. The molecule has 0 spiro atoms. The van der Waals surface area contributed by atoms with Crippen LogP contribution in [0, 0.1) is 5.92 Å². The van der Waals surface area contributed by atoms with Crippen LogP contribution in [-0.2, 0) is 19.5 Å². The van der Waals surface area contributed by atoms with Crippen molar-refractivity contribution in [1.82, 2.24) is 4.72 Å². The molecule has 0 aromatic heterocycles. The lowest BCUT2D eigenvalue weighted by Gasteiger charge is -2.11. The summed E-state index contributed by atoms with van der Waals surface area (Å²) in [6, 6.07) is 3.48. The van der Waals surface area contributed by atoms with E-state index in [-0.39, 0.29) is 28.7 Å². The molecule has 1 aliphatic rings. The number of benzene rings is 1. The molecule has 1 saturated heterocycles. The van der Waals surface area contributed by atoms with Crippen molar-refractivity contribution in [1.29, 1.82) is 0 Å². The fraction of sp³-hybridized carbons (Fsp3) is 0.462. The zero-order valence-electron chi connectivity index (χ0n) is 11.5. The maximum absolute atomic E-state index is 12.2. The van der Waals surface area contributed by atoms with Crippen LogP contribution in [0.3, 0.4) is 0 Å². The Morgan fingerprint density at radius 1 is 1.52 bits per heavy atom. The number of phenols is 1. The molecule has 1 heterocycles. The van der Waals surface area contributed by atoms with Gasteiger partial charge in [-0.05, 0) is 30.5 Å². The van der Waals surface area contributed by atoms with Crippen molar-refractivity contribution in [2.45, 2.75) is 11.3 Å². The molecular weight excluding hydrogens is 298 g/mol. The third-order valence-electron chi connectivity index (χ3n) is 3.27. The minimum Gasteiger partial charge on any atom is -0.507 e. The second-order valence-corrected chi connectivity index (χ2v) is 6.52. The number of sulfonamides is 1. The lowest BCUT2D eigenvalue weighted by molar-refractivity contribution is 0.0597. The van der Waals surface area contributed by atoms with Crippen LogP contribution < -0.4 is 4.72 Å². The Bertz CT molecular complexity index is 622. The summed E-state index contributed by atoms with van der Waals surface area (Å²) in [4.78, 5) is 11.4. The van der Waals surface area contributed by atoms with Gasteiger partial charge in [-0.25, -0.2) is 17.9 Å². The second kappa shape index (κ2) is 6.42. The highest BCUT2D eigenvalue weighted by molar-refractivity contribution is 7.89. The Morgan fingerprint density at radius 3 is 2.90 bits per heavy atom. The monoisotopic (exact) mass is 315 g/mol. The van der Waals surface area contributed by atoms with Gasteiger partial charge in [0.15, 0.2) is 0 Å².